The Balaban J connectivity index is 1.81. The molecule has 0 fully saturated rings. The molecular formula is C21H25N6O9PS. The Bertz CT molecular complexity index is 1520. The largest absolute Gasteiger partial charge is 0.551 e. The van der Waals surface area contributed by atoms with Gasteiger partial charge in [-0.2, -0.15) is 19.6 Å². The average molecular weight is 569 g/mol. The predicted molar refractivity (Wildman–Crippen MR) is 134 cm³/mol. The highest BCUT2D eigenvalue weighted by Crippen LogP contribution is 2.43. The van der Waals surface area contributed by atoms with Gasteiger partial charge in [-0.15, -0.1) is 0 Å². The summed E-state index contributed by atoms with van der Waals surface area (Å²) in [4.78, 5) is 45.4. The van der Waals surface area contributed by atoms with E-state index < -0.39 is 40.0 Å². The van der Waals surface area contributed by atoms with E-state index in [4.69, 9.17) is 0 Å². The van der Waals surface area contributed by atoms with Gasteiger partial charge in [0.05, 0.1) is 18.1 Å². The smallest absolute Gasteiger partial charge is 0.367 e. The molecule has 2 aromatic heterocycles. The maximum absolute atomic E-state index is 12.8. The van der Waals surface area contributed by atoms with Crippen LogP contribution in [0.4, 0.5) is 0 Å². The van der Waals surface area contributed by atoms with Gasteiger partial charge >= 0.3 is 13.8 Å². The number of phosphoric acid groups is 1. The summed E-state index contributed by atoms with van der Waals surface area (Å²) in [7, 11) is -9.68. The lowest BCUT2D eigenvalue weighted by atomic mass is 10.1. The third-order valence-electron chi connectivity index (χ3n) is 5.18. The van der Waals surface area contributed by atoms with Crippen molar-refractivity contribution in [3.8, 4) is 16.8 Å². The molecule has 17 heteroatoms. The molecule has 1 aromatic carbocycles. The quantitative estimate of drug-likeness (QED) is 0.218. The van der Waals surface area contributed by atoms with Gasteiger partial charge in [0.2, 0.25) is 10.8 Å². The molecule has 0 radical (unpaired) electrons. The van der Waals surface area contributed by atoms with Gasteiger partial charge in [-0.3, -0.25) is 19.9 Å². The molecule has 1 unspecified atom stereocenters. The molecule has 38 heavy (non-hydrogen) atoms. The van der Waals surface area contributed by atoms with Crippen molar-refractivity contribution in [3.05, 3.63) is 65.3 Å². The number of benzene rings is 1. The Morgan fingerprint density at radius 1 is 1.13 bits per heavy atom. The molecule has 0 bridgehead atoms. The number of amides is 1. The number of aromatic nitrogens is 4. The van der Waals surface area contributed by atoms with E-state index in [-0.39, 0.29) is 6.42 Å². The summed E-state index contributed by atoms with van der Waals surface area (Å²) in [5.74, 6) is -2.52. The molecule has 0 saturated heterocycles. The van der Waals surface area contributed by atoms with Crippen molar-refractivity contribution in [2.24, 2.45) is 0 Å². The zero-order valence-electron chi connectivity index (χ0n) is 20.5. The van der Waals surface area contributed by atoms with Crippen molar-refractivity contribution < 1.29 is 36.6 Å². The summed E-state index contributed by atoms with van der Waals surface area (Å²) in [5.41, 5.74) is 4.94. The number of phosphoric ester groups is 1. The van der Waals surface area contributed by atoms with Gasteiger partial charge < -0.3 is 4.52 Å². The minimum Gasteiger partial charge on any atom is -0.367 e. The van der Waals surface area contributed by atoms with Crippen LogP contribution in [0.2, 0.25) is 0 Å². The summed E-state index contributed by atoms with van der Waals surface area (Å²) >= 11 is 0. The SMILES string of the molecule is CCCC(=O)NOP(=O)(O)OC(=O)[C@](C)(Nn1ccc(-c2ccc(-n3nccn3)cc2)cc1=O)S(C)(=O)=O. The van der Waals surface area contributed by atoms with E-state index in [1.807, 2.05) is 0 Å². The molecule has 3 N–H and O–H groups in total. The maximum Gasteiger partial charge on any atom is 0.551 e. The molecular weight excluding hydrogens is 543 g/mol. The van der Waals surface area contributed by atoms with Crippen molar-refractivity contribution in [3.63, 3.8) is 0 Å². The van der Waals surface area contributed by atoms with Crippen LogP contribution in [0, 0.1) is 0 Å². The maximum atomic E-state index is 12.8. The van der Waals surface area contributed by atoms with Gasteiger partial charge in [0.25, 0.3) is 5.56 Å². The summed E-state index contributed by atoms with van der Waals surface area (Å²) < 4.78 is 46.4. The van der Waals surface area contributed by atoms with E-state index >= 15 is 0 Å². The Labute approximate surface area is 216 Å². The van der Waals surface area contributed by atoms with E-state index in [1.54, 1.807) is 36.7 Å². The molecule has 0 aliphatic carbocycles. The number of rotatable bonds is 11. The van der Waals surface area contributed by atoms with Crippen LogP contribution in [0.25, 0.3) is 16.8 Å². The Kier molecular flexibility index (Phi) is 8.51. The Hall–Kier alpha value is -3.85. The van der Waals surface area contributed by atoms with Gasteiger partial charge in [0, 0.05) is 24.9 Å². The van der Waals surface area contributed by atoms with Crippen LogP contribution in [-0.4, -0.2) is 56.0 Å². The minimum atomic E-state index is -5.26. The van der Waals surface area contributed by atoms with Gasteiger partial charge in [-0.25, -0.2) is 27.9 Å². The molecule has 3 rings (SSSR count). The van der Waals surface area contributed by atoms with E-state index in [0.29, 0.717) is 34.2 Å². The molecule has 1 amide bonds. The van der Waals surface area contributed by atoms with Crippen LogP contribution in [-0.2, 0) is 33.1 Å². The summed E-state index contributed by atoms with van der Waals surface area (Å²) in [6, 6.07) is 9.58. The highest BCUT2D eigenvalue weighted by molar-refractivity contribution is 7.93. The van der Waals surface area contributed by atoms with E-state index in [1.165, 1.54) is 35.5 Å². The number of pyridine rings is 1. The standard InChI is InChI=1S/C21H25N6O9PS/c1-4-5-18(28)24-36-37(31,32)35-20(30)21(2,38(3,33)34)25-26-13-10-16(14-19(26)29)15-6-8-17(9-7-15)27-22-11-12-23-27/h6-14,25H,4-5H2,1-3H3,(H,24,28)(H,31,32)/t21-/m1/s1. The van der Waals surface area contributed by atoms with Crippen molar-refractivity contribution in [1.29, 1.82) is 0 Å². The number of hydrogen-bond donors (Lipinski definition) is 3. The summed E-state index contributed by atoms with van der Waals surface area (Å²) in [5, 5.41) is 8.06. The van der Waals surface area contributed by atoms with Crippen molar-refractivity contribution in [1.82, 2.24) is 25.2 Å². The van der Waals surface area contributed by atoms with E-state index in [0.717, 1.165) is 6.92 Å². The first-order valence-corrected chi connectivity index (χ1v) is 14.4. The zero-order chi connectivity index (χ0) is 28.1. The van der Waals surface area contributed by atoms with Crippen molar-refractivity contribution >= 4 is 29.5 Å². The molecule has 0 saturated carbocycles. The number of nitrogens with zero attached hydrogens (tertiary/aromatic N) is 4. The van der Waals surface area contributed by atoms with Crippen LogP contribution in [0.5, 0.6) is 0 Å². The summed E-state index contributed by atoms with van der Waals surface area (Å²) in [6.07, 6.45) is 5.25. The predicted octanol–water partition coefficient (Wildman–Crippen LogP) is 0.892. The van der Waals surface area contributed by atoms with Crippen LogP contribution < -0.4 is 16.5 Å². The number of carbonyl (C=O) groups is 2. The topological polar surface area (TPSA) is 201 Å². The fourth-order valence-corrected chi connectivity index (χ4v) is 4.31. The monoisotopic (exact) mass is 568 g/mol. The van der Waals surface area contributed by atoms with Crippen molar-refractivity contribution in [2.75, 3.05) is 11.7 Å². The number of carbonyl (C=O) groups excluding carboxylic acids is 2. The number of nitrogens with one attached hydrogen (secondary N) is 2. The highest BCUT2D eigenvalue weighted by atomic mass is 32.2. The fourth-order valence-electron chi connectivity index (χ4n) is 2.99. The lowest BCUT2D eigenvalue weighted by Crippen LogP contribution is -2.55. The second-order valence-electron chi connectivity index (χ2n) is 8.12. The van der Waals surface area contributed by atoms with Crippen LogP contribution in [0.1, 0.15) is 26.7 Å². The normalized spacial score (nSPS) is 14.6. The second-order valence-corrected chi connectivity index (χ2v) is 11.8. The van der Waals surface area contributed by atoms with Gasteiger partial charge in [0.15, 0.2) is 9.84 Å². The lowest BCUT2D eigenvalue weighted by molar-refractivity contribution is -0.140. The Morgan fingerprint density at radius 2 is 1.76 bits per heavy atom. The molecule has 0 spiro atoms. The lowest BCUT2D eigenvalue weighted by Gasteiger charge is -2.28. The van der Waals surface area contributed by atoms with E-state index in [2.05, 4.69) is 24.8 Å². The van der Waals surface area contributed by atoms with Crippen LogP contribution in [0.15, 0.2) is 59.8 Å². The molecule has 0 aliphatic rings. The minimum absolute atomic E-state index is 0.0405. The number of hydrogen-bond acceptors (Lipinski definition) is 11. The zero-order valence-corrected chi connectivity index (χ0v) is 22.2. The van der Waals surface area contributed by atoms with Gasteiger partial charge in [-0.05, 0) is 42.7 Å². The van der Waals surface area contributed by atoms with E-state index in [9.17, 15) is 32.3 Å². The van der Waals surface area contributed by atoms with Crippen LogP contribution >= 0.6 is 7.82 Å². The molecule has 15 nitrogen and oxygen atoms in total. The first kappa shape index (κ1) is 28.7. The third kappa shape index (κ3) is 6.72. The molecule has 204 valence electrons. The Morgan fingerprint density at radius 3 is 2.32 bits per heavy atom. The molecule has 2 heterocycles. The molecule has 2 atom stereocenters. The van der Waals surface area contributed by atoms with Crippen molar-refractivity contribution in [2.45, 2.75) is 31.6 Å². The van der Waals surface area contributed by atoms with Gasteiger partial charge in [0.1, 0.15) is 0 Å². The highest BCUT2D eigenvalue weighted by Gasteiger charge is 2.49. The number of sulfone groups is 1. The number of hydroxylamine groups is 1. The third-order valence-corrected chi connectivity index (χ3v) is 7.64. The second kappa shape index (κ2) is 11.3. The van der Waals surface area contributed by atoms with Crippen LogP contribution in [0.3, 0.4) is 0 Å². The molecule has 3 aromatic rings. The first-order valence-electron chi connectivity index (χ1n) is 11.0. The first-order chi connectivity index (χ1) is 17.8. The fraction of sp³-hybridized carbons (Fsp3) is 0.286. The summed E-state index contributed by atoms with van der Waals surface area (Å²) in [6.45, 7) is 2.51. The molecule has 0 aliphatic heterocycles. The van der Waals surface area contributed by atoms with Gasteiger partial charge in [-0.1, -0.05) is 19.1 Å². The average Bonchev–Trinajstić information content (AvgIpc) is 3.38.